The second kappa shape index (κ2) is 5.07. The van der Waals surface area contributed by atoms with Crippen LogP contribution in [-0.4, -0.2) is 53.4 Å². The van der Waals surface area contributed by atoms with Crippen molar-refractivity contribution in [2.45, 2.75) is 18.9 Å². The molecule has 0 saturated carbocycles. The maximum absolute atomic E-state index is 11.4. The van der Waals surface area contributed by atoms with Crippen LogP contribution in [0.5, 0.6) is 0 Å². The summed E-state index contributed by atoms with van der Waals surface area (Å²) in [5.74, 6) is 3.00. The first kappa shape index (κ1) is 11.1. The van der Waals surface area contributed by atoms with Gasteiger partial charge in [0, 0.05) is 6.54 Å². The van der Waals surface area contributed by atoms with Crippen molar-refractivity contribution in [2.24, 2.45) is 5.92 Å². The zero-order valence-corrected chi connectivity index (χ0v) is 9.54. The van der Waals surface area contributed by atoms with Gasteiger partial charge in [-0.3, -0.25) is 0 Å². The molecule has 4 nitrogen and oxygen atoms in total. The van der Waals surface area contributed by atoms with E-state index in [2.05, 4.69) is 0 Å². The van der Waals surface area contributed by atoms with Crippen molar-refractivity contribution in [3.05, 3.63) is 0 Å². The van der Waals surface area contributed by atoms with Crippen molar-refractivity contribution < 1.29 is 14.6 Å². The van der Waals surface area contributed by atoms with Gasteiger partial charge in [0.15, 0.2) is 0 Å². The van der Waals surface area contributed by atoms with Gasteiger partial charge in [0.2, 0.25) is 0 Å². The first-order chi connectivity index (χ1) is 7.29. The number of nitrogens with zero attached hydrogens (tertiary/aromatic N) is 1. The SMILES string of the molecule is O=C1O[C@@H](CO)CN1CC1CCCSC1. The van der Waals surface area contributed by atoms with E-state index < -0.39 is 0 Å². The third-order valence-electron chi connectivity index (χ3n) is 2.89. The highest BCUT2D eigenvalue weighted by Crippen LogP contribution is 2.24. The molecule has 0 aromatic rings. The molecule has 5 heteroatoms. The molecule has 1 N–H and O–H groups in total. The van der Waals surface area contributed by atoms with Crippen LogP contribution in [0.15, 0.2) is 0 Å². The van der Waals surface area contributed by atoms with E-state index in [0.717, 1.165) is 12.3 Å². The predicted molar refractivity (Wildman–Crippen MR) is 59.0 cm³/mol. The summed E-state index contributed by atoms with van der Waals surface area (Å²) in [7, 11) is 0. The molecule has 0 radical (unpaired) electrons. The maximum atomic E-state index is 11.4. The Bertz CT molecular complexity index is 231. The normalized spacial score (nSPS) is 31.8. The Morgan fingerprint density at radius 3 is 3.07 bits per heavy atom. The number of cyclic esters (lactones) is 1. The molecule has 0 bridgehead atoms. The number of rotatable bonds is 3. The molecule has 0 spiro atoms. The molecule has 86 valence electrons. The van der Waals surface area contributed by atoms with Crippen LogP contribution in [0.1, 0.15) is 12.8 Å². The Balaban J connectivity index is 1.81. The zero-order chi connectivity index (χ0) is 10.7. The number of hydrogen-bond acceptors (Lipinski definition) is 4. The molecule has 2 atom stereocenters. The zero-order valence-electron chi connectivity index (χ0n) is 8.72. The lowest BCUT2D eigenvalue weighted by Gasteiger charge is -2.24. The summed E-state index contributed by atoms with van der Waals surface area (Å²) in [5, 5.41) is 8.90. The van der Waals surface area contributed by atoms with Crippen LogP contribution in [0.2, 0.25) is 0 Å². The number of amides is 1. The van der Waals surface area contributed by atoms with E-state index in [4.69, 9.17) is 9.84 Å². The Kier molecular flexibility index (Phi) is 3.75. The first-order valence-electron chi connectivity index (χ1n) is 5.43. The van der Waals surface area contributed by atoms with Gasteiger partial charge in [0.25, 0.3) is 0 Å². The number of carbonyl (C=O) groups is 1. The van der Waals surface area contributed by atoms with Crippen molar-refractivity contribution in [3.8, 4) is 0 Å². The molecular formula is C10H17NO3S. The molecule has 2 saturated heterocycles. The van der Waals surface area contributed by atoms with Crippen LogP contribution in [0, 0.1) is 5.92 Å². The van der Waals surface area contributed by atoms with Crippen molar-refractivity contribution in [1.82, 2.24) is 4.90 Å². The third-order valence-corrected chi connectivity index (χ3v) is 4.17. The molecule has 2 rings (SSSR count). The van der Waals surface area contributed by atoms with E-state index in [0.29, 0.717) is 12.5 Å². The van der Waals surface area contributed by atoms with E-state index in [9.17, 15) is 4.79 Å². The molecule has 0 aromatic heterocycles. The molecule has 2 heterocycles. The van der Waals surface area contributed by atoms with Crippen molar-refractivity contribution >= 4 is 17.9 Å². The Morgan fingerprint density at radius 1 is 1.60 bits per heavy atom. The Morgan fingerprint density at radius 2 is 2.47 bits per heavy atom. The van der Waals surface area contributed by atoms with Crippen LogP contribution < -0.4 is 0 Å². The van der Waals surface area contributed by atoms with E-state index in [1.165, 1.54) is 18.6 Å². The molecular weight excluding hydrogens is 214 g/mol. The smallest absolute Gasteiger partial charge is 0.410 e. The molecule has 2 aliphatic heterocycles. The van der Waals surface area contributed by atoms with Gasteiger partial charge in [-0.05, 0) is 30.3 Å². The number of thioether (sulfide) groups is 1. The van der Waals surface area contributed by atoms with Gasteiger partial charge < -0.3 is 14.7 Å². The van der Waals surface area contributed by atoms with Gasteiger partial charge in [-0.15, -0.1) is 0 Å². The standard InChI is InChI=1S/C10H17NO3S/c12-6-9-5-11(10(13)14-9)4-8-2-1-3-15-7-8/h8-9,12H,1-7H2/t8?,9-/m1/s1. The highest BCUT2D eigenvalue weighted by Gasteiger charge is 2.32. The lowest BCUT2D eigenvalue weighted by molar-refractivity contribution is 0.0945. The fraction of sp³-hybridized carbons (Fsp3) is 0.900. The molecule has 1 unspecified atom stereocenters. The minimum Gasteiger partial charge on any atom is -0.442 e. The summed E-state index contributed by atoms with van der Waals surface area (Å²) >= 11 is 1.97. The number of ether oxygens (including phenoxy) is 1. The largest absolute Gasteiger partial charge is 0.442 e. The molecule has 15 heavy (non-hydrogen) atoms. The minimum absolute atomic E-state index is 0.0678. The Hall–Kier alpha value is -0.420. The van der Waals surface area contributed by atoms with Crippen molar-refractivity contribution in [1.29, 1.82) is 0 Å². The average molecular weight is 231 g/mol. The Labute approximate surface area is 94.0 Å². The fourth-order valence-electron chi connectivity index (χ4n) is 2.08. The first-order valence-corrected chi connectivity index (χ1v) is 6.59. The van der Waals surface area contributed by atoms with Gasteiger partial charge in [0.05, 0.1) is 13.2 Å². The van der Waals surface area contributed by atoms with Crippen LogP contribution in [0.25, 0.3) is 0 Å². The quantitative estimate of drug-likeness (QED) is 0.785. The van der Waals surface area contributed by atoms with Gasteiger partial charge in [-0.25, -0.2) is 4.79 Å². The highest BCUT2D eigenvalue weighted by molar-refractivity contribution is 7.99. The summed E-state index contributed by atoms with van der Waals surface area (Å²) in [6.07, 6.45) is 1.89. The van der Waals surface area contributed by atoms with Crippen molar-refractivity contribution in [3.63, 3.8) is 0 Å². The van der Waals surface area contributed by atoms with E-state index in [1.54, 1.807) is 4.90 Å². The average Bonchev–Trinajstić information content (AvgIpc) is 2.61. The third kappa shape index (κ3) is 2.78. The molecule has 0 aromatic carbocycles. The van der Waals surface area contributed by atoms with Gasteiger partial charge in [-0.1, -0.05) is 0 Å². The van der Waals surface area contributed by atoms with E-state index >= 15 is 0 Å². The van der Waals surface area contributed by atoms with Crippen molar-refractivity contribution in [2.75, 3.05) is 31.2 Å². The lowest BCUT2D eigenvalue weighted by atomic mass is 10.1. The lowest BCUT2D eigenvalue weighted by Crippen LogP contribution is -2.33. The second-order valence-corrected chi connectivity index (χ2v) is 5.33. The van der Waals surface area contributed by atoms with Gasteiger partial charge in [0.1, 0.15) is 6.10 Å². The van der Waals surface area contributed by atoms with Gasteiger partial charge >= 0.3 is 6.09 Å². The second-order valence-electron chi connectivity index (χ2n) is 4.18. The monoisotopic (exact) mass is 231 g/mol. The maximum Gasteiger partial charge on any atom is 0.410 e. The van der Waals surface area contributed by atoms with E-state index in [-0.39, 0.29) is 18.8 Å². The fourth-order valence-corrected chi connectivity index (χ4v) is 3.22. The molecule has 2 fully saturated rings. The number of carbonyl (C=O) groups excluding carboxylic acids is 1. The minimum atomic E-state index is -0.311. The van der Waals surface area contributed by atoms with Crippen LogP contribution in [0.3, 0.4) is 0 Å². The summed E-state index contributed by atoms with van der Waals surface area (Å²) in [4.78, 5) is 13.1. The number of hydrogen-bond donors (Lipinski definition) is 1. The highest BCUT2D eigenvalue weighted by atomic mass is 32.2. The predicted octanol–water partition coefficient (Wildman–Crippen LogP) is 0.943. The molecule has 1 amide bonds. The van der Waals surface area contributed by atoms with Crippen LogP contribution >= 0.6 is 11.8 Å². The summed E-state index contributed by atoms with van der Waals surface area (Å²) < 4.78 is 4.99. The summed E-state index contributed by atoms with van der Waals surface area (Å²) in [6, 6.07) is 0. The van der Waals surface area contributed by atoms with E-state index in [1.807, 2.05) is 11.8 Å². The summed E-state index contributed by atoms with van der Waals surface area (Å²) in [5.41, 5.74) is 0. The van der Waals surface area contributed by atoms with Gasteiger partial charge in [-0.2, -0.15) is 11.8 Å². The van der Waals surface area contributed by atoms with Crippen LogP contribution in [0.4, 0.5) is 4.79 Å². The molecule has 2 aliphatic rings. The van der Waals surface area contributed by atoms with Crippen LogP contribution in [-0.2, 0) is 4.74 Å². The topological polar surface area (TPSA) is 49.8 Å². The summed E-state index contributed by atoms with van der Waals surface area (Å²) in [6.45, 7) is 1.28. The number of aliphatic hydroxyl groups is 1. The number of aliphatic hydroxyl groups excluding tert-OH is 1. The molecule has 0 aliphatic carbocycles.